The number of ether oxygens (including phenoxy) is 1. The summed E-state index contributed by atoms with van der Waals surface area (Å²) in [6.07, 6.45) is 0.937. The van der Waals surface area contributed by atoms with Gasteiger partial charge in [0, 0.05) is 18.0 Å². The molecule has 0 saturated heterocycles. The highest BCUT2D eigenvalue weighted by molar-refractivity contribution is 5.20. The fraction of sp³-hybridized carbons (Fsp3) is 0.636. The van der Waals surface area contributed by atoms with Gasteiger partial charge in [-0.25, -0.2) is 4.98 Å². The fourth-order valence-electron chi connectivity index (χ4n) is 1.47. The maximum absolute atomic E-state index is 5.99. The Morgan fingerprint density at radius 3 is 2.67 bits per heavy atom. The molecule has 0 aliphatic rings. The lowest BCUT2D eigenvalue weighted by atomic mass is 9.97. The van der Waals surface area contributed by atoms with Crippen LogP contribution in [-0.2, 0) is 0 Å². The van der Waals surface area contributed by atoms with E-state index in [1.54, 1.807) is 7.11 Å². The quantitative estimate of drug-likeness (QED) is 0.818. The molecule has 1 rings (SSSR count). The van der Waals surface area contributed by atoms with E-state index in [2.05, 4.69) is 23.8 Å². The second kappa shape index (κ2) is 5.07. The third kappa shape index (κ3) is 2.89. The summed E-state index contributed by atoms with van der Waals surface area (Å²) < 4.78 is 5.11. The molecule has 2 unspecified atom stereocenters. The monoisotopic (exact) mass is 209 g/mol. The molecule has 15 heavy (non-hydrogen) atoms. The number of hydrogen-bond acceptors (Lipinski definition) is 4. The fourth-order valence-corrected chi connectivity index (χ4v) is 1.47. The topological polar surface area (TPSA) is 61.0 Å². The molecule has 0 spiro atoms. The van der Waals surface area contributed by atoms with E-state index in [0.717, 1.165) is 17.9 Å². The van der Waals surface area contributed by atoms with Crippen LogP contribution in [0.25, 0.3) is 0 Å². The molecule has 1 heterocycles. The van der Waals surface area contributed by atoms with Gasteiger partial charge in [0.2, 0.25) is 5.88 Å². The molecule has 84 valence electrons. The summed E-state index contributed by atoms with van der Waals surface area (Å²) in [6.45, 7) is 6.01. The molecule has 0 aliphatic carbocycles. The van der Waals surface area contributed by atoms with E-state index in [-0.39, 0.29) is 12.0 Å². The first-order valence-electron chi connectivity index (χ1n) is 5.23. The van der Waals surface area contributed by atoms with Gasteiger partial charge in [-0.2, -0.15) is 4.98 Å². The smallest absolute Gasteiger partial charge is 0.216 e. The summed E-state index contributed by atoms with van der Waals surface area (Å²) in [4.78, 5) is 8.53. The van der Waals surface area contributed by atoms with Gasteiger partial charge >= 0.3 is 0 Å². The van der Waals surface area contributed by atoms with Crippen LogP contribution in [0, 0.1) is 6.92 Å². The first-order valence-corrected chi connectivity index (χ1v) is 5.23. The normalized spacial score (nSPS) is 14.7. The lowest BCUT2D eigenvalue weighted by molar-refractivity contribution is 0.393. The lowest BCUT2D eigenvalue weighted by Crippen LogP contribution is -2.26. The molecule has 4 heteroatoms. The lowest BCUT2D eigenvalue weighted by Gasteiger charge is -2.18. The maximum Gasteiger partial charge on any atom is 0.216 e. The first kappa shape index (κ1) is 11.9. The molecule has 0 aromatic carbocycles. The summed E-state index contributed by atoms with van der Waals surface area (Å²) >= 11 is 0. The third-order valence-corrected chi connectivity index (χ3v) is 2.62. The molecule has 4 nitrogen and oxygen atoms in total. The predicted octanol–water partition coefficient (Wildman–Crippen LogP) is 1.63. The minimum absolute atomic E-state index is 0.129. The molecule has 0 fully saturated rings. The van der Waals surface area contributed by atoms with Gasteiger partial charge in [0.25, 0.3) is 0 Å². The van der Waals surface area contributed by atoms with Gasteiger partial charge in [-0.05, 0) is 13.3 Å². The van der Waals surface area contributed by atoms with Crippen molar-refractivity contribution in [2.45, 2.75) is 39.2 Å². The van der Waals surface area contributed by atoms with Crippen LogP contribution in [0.4, 0.5) is 0 Å². The highest BCUT2D eigenvalue weighted by atomic mass is 16.5. The van der Waals surface area contributed by atoms with Crippen molar-refractivity contribution in [1.82, 2.24) is 9.97 Å². The SMILES string of the molecule is CCC(N)C(C)c1cc(OC)nc(C)n1. The number of nitrogens with two attached hydrogens (primary N) is 1. The van der Waals surface area contributed by atoms with Crippen LogP contribution in [0.15, 0.2) is 6.07 Å². The Kier molecular flexibility index (Phi) is 4.03. The van der Waals surface area contributed by atoms with Crippen LogP contribution in [0.1, 0.15) is 37.7 Å². The molecule has 0 saturated carbocycles. The first-order chi connectivity index (χ1) is 7.08. The molecule has 2 atom stereocenters. The van der Waals surface area contributed by atoms with E-state index >= 15 is 0 Å². The molecular weight excluding hydrogens is 190 g/mol. The molecule has 0 amide bonds. The van der Waals surface area contributed by atoms with Crippen LogP contribution >= 0.6 is 0 Å². The molecule has 0 bridgehead atoms. The van der Waals surface area contributed by atoms with Crippen molar-refractivity contribution in [3.8, 4) is 5.88 Å². The Hall–Kier alpha value is -1.16. The van der Waals surface area contributed by atoms with Crippen LogP contribution in [0.5, 0.6) is 5.88 Å². The highest BCUT2D eigenvalue weighted by Gasteiger charge is 2.16. The number of nitrogens with zero attached hydrogens (tertiary/aromatic N) is 2. The Bertz CT molecular complexity index is 328. The summed E-state index contributed by atoms with van der Waals surface area (Å²) in [6, 6.07) is 1.98. The maximum atomic E-state index is 5.99. The van der Waals surface area contributed by atoms with Gasteiger partial charge in [0.1, 0.15) is 5.82 Å². The van der Waals surface area contributed by atoms with Crippen LogP contribution in [0.3, 0.4) is 0 Å². The third-order valence-electron chi connectivity index (χ3n) is 2.62. The van der Waals surface area contributed by atoms with Gasteiger partial charge in [-0.1, -0.05) is 13.8 Å². The Balaban J connectivity index is 2.97. The molecule has 0 aliphatic heterocycles. The van der Waals surface area contributed by atoms with Crippen molar-refractivity contribution >= 4 is 0 Å². The van der Waals surface area contributed by atoms with E-state index in [9.17, 15) is 0 Å². The largest absolute Gasteiger partial charge is 0.481 e. The zero-order valence-corrected chi connectivity index (χ0v) is 9.82. The van der Waals surface area contributed by atoms with Gasteiger partial charge in [-0.3, -0.25) is 0 Å². The van der Waals surface area contributed by atoms with Gasteiger partial charge < -0.3 is 10.5 Å². The second-order valence-electron chi connectivity index (χ2n) is 3.74. The second-order valence-corrected chi connectivity index (χ2v) is 3.74. The zero-order valence-electron chi connectivity index (χ0n) is 9.82. The zero-order chi connectivity index (χ0) is 11.4. The van der Waals surface area contributed by atoms with Crippen LogP contribution in [-0.4, -0.2) is 23.1 Å². The molecule has 0 radical (unpaired) electrons. The number of hydrogen-bond donors (Lipinski definition) is 1. The molecular formula is C11H19N3O. The Morgan fingerprint density at radius 1 is 1.47 bits per heavy atom. The van der Waals surface area contributed by atoms with Crippen molar-refractivity contribution in [1.29, 1.82) is 0 Å². The number of aromatic nitrogens is 2. The van der Waals surface area contributed by atoms with E-state index in [1.165, 1.54) is 0 Å². The number of rotatable bonds is 4. The van der Waals surface area contributed by atoms with E-state index in [4.69, 9.17) is 10.5 Å². The summed E-state index contributed by atoms with van der Waals surface area (Å²) in [7, 11) is 1.61. The Morgan fingerprint density at radius 2 is 2.13 bits per heavy atom. The summed E-state index contributed by atoms with van der Waals surface area (Å²) in [5.41, 5.74) is 6.94. The van der Waals surface area contributed by atoms with Crippen molar-refractivity contribution in [3.05, 3.63) is 17.6 Å². The minimum atomic E-state index is 0.129. The van der Waals surface area contributed by atoms with Gasteiger partial charge in [-0.15, -0.1) is 0 Å². The van der Waals surface area contributed by atoms with E-state index in [0.29, 0.717) is 5.88 Å². The standard InChI is InChI=1S/C11H19N3O/c1-5-9(12)7(2)10-6-11(15-4)14-8(3)13-10/h6-7,9H,5,12H2,1-4H3. The van der Waals surface area contributed by atoms with Crippen molar-refractivity contribution < 1.29 is 4.74 Å². The van der Waals surface area contributed by atoms with E-state index in [1.807, 2.05) is 13.0 Å². The van der Waals surface area contributed by atoms with Gasteiger partial charge in [0.05, 0.1) is 12.8 Å². The average Bonchev–Trinajstić information content (AvgIpc) is 2.26. The Labute approximate surface area is 90.9 Å². The van der Waals surface area contributed by atoms with Crippen LogP contribution in [0.2, 0.25) is 0 Å². The average molecular weight is 209 g/mol. The number of methoxy groups -OCH3 is 1. The molecule has 2 N–H and O–H groups in total. The van der Waals surface area contributed by atoms with E-state index < -0.39 is 0 Å². The van der Waals surface area contributed by atoms with Crippen molar-refractivity contribution in [2.75, 3.05) is 7.11 Å². The predicted molar refractivity (Wildman–Crippen MR) is 60.0 cm³/mol. The number of aryl methyl sites for hydroxylation is 1. The minimum Gasteiger partial charge on any atom is -0.481 e. The van der Waals surface area contributed by atoms with Crippen molar-refractivity contribution in [2.24, 2.45) is 5.73 Å². The van der Waals surface area contributed by atoms with Gasteiger partial charge in [0.15, 0.2) is 0 Å². The molecule has 1 aromatic heterocycles. The highest BCUT2D eigenvalue weighted by Crippen LogP contribution is 2.20. The molecule has 1 aromatic rings. The summed E-state index contributed by atoms with van der Waals surface area (Å²) in [5, 5.41) is 0. The van der Waals surface area contributed by atoms with Crippen molar-refractivity contribution in [3.63, 3.8) is 0 Å². The van der Waals surface area contributed by atoms with Crippen LogP contribution < -0.4 is 10.5 Å². The summed E-state index contributed by atoms with van der Waals surface area (Å²) in [5.74, 6) is 1.55.